The summed E-state index contributed by atoms with van der Waals surface area (Å²) in [6, 6.07) is 16.5. The number of halogens is 1. The summed E-state index contributed by atoms with van der Waals surface area (Å²) < 4.78 is 13.3. The normalized spacial score (nSPS) is 10.8. The van der Waals surface area contributed by atoms with Gasteiger partial charge in [0.05, 0.1) is 5.69 Å². The summed E-state index contributed by atoms with van der Waals surface area (Å²) in [7, 11) is 1.69. The number of anilines is 2. The second kappa shape index (κ2) is 8.28. The smallest absolute Gasteiger partial charge is 0.270 e. The molecule has 0 saturated carbocycles. The van der Waals surface area contributed by atoms with Gasteiger partial charge in [-0.25, -0.2) is 9.37 Å². The van der Waals surface area contributed by atoms with Crippen molar-refractivity contribution in [2.45, 2.75) is 13.8 Å². The van der Waals surface area contributed by atoms with Crippen molar-refractivity contribution in [2.75, 3.05) is 17.3 Å². The van der Waals surface area contributed by atoms with Crippen molar-refractivity contribution < 1.29 is 14.0 Å². The van der Waals surface area contributed by atoms with E-state index in [-0.39, 0.29) is 5.91 Å². The SMILES string of the molecule is Cc1cc(C)c2c(NC(=O)c3ccc(F)cc3)c(C(=O)N(C)c3ccccc3)sc2n1. The van der Waals surface area contributed by atoms with Crippen LogP contribution in [0.2, 0.25) is 0 Å². The van der Waals surface area contributed by atoms with Crippen LogP contribution < -0.4 is 10.2 Å². The molecule has 0 unspecified atom stereocenters. The average molecular weight is 434 g/mol. The summed E-state index contributed by atoms with van der Waals surface area (Å²) in [5.41, 5.74) is 3.20. The van der Waals surface area contributed by atoms with Crippen LogP contribution in [0.3, 0.4) is 0 Å². The minimum Gasteiger partial charge on any atom is -0.320 e. The van der Waals surface area contributed by atoms with Gasteiger partial charge in [0, 0.05) is 29.4 Å². The van der Waals surface area contributed by atoms with Gasteiger partial charge >= 0.3 is 0 Å². The quantitative estimate of drug-likeness (QED) is 0.457. The Balaban J connectivity index is 1.81. The second-order valence-corrected chi connectivity index (χ2v) is 8.23. The average Bonchev–Trinajstić information content (AvgIpc) is 3.11. The third-order valence-corrected chi connectivity index (χ3v) is 6.05. The molecule has 4 aromatic rings. The van der Waals surface area contributed by atoms with Crippen LogP contribution in [-0.4, -0.2) is 23.8 Å². The molecule has 2 aromatic heterocycles. The van der Waals surface area contributed by atoms with Gasteiger partial charge in [0.25, 0.3) is 11.8 Å². The first-order chi connectivity index (χ1) is 14.8. The molecule has 0 radical (unpaired) electrons. The van der Waals surface area contributed by atoms with Crippen molar-refractivity contribution in [3.8, 4) is 0 Å². The van der Waals surface area contributed by atoms with E-state index in [1.165, 1.54) is 35.6 Å². The Labute approximate surface area is 183 Å². The number of para-hydroxylation sites is 1. The molecule has 0 aliphatic carbocycles. The van der Waals surface area contributed by atoms with Crippen LogP contribution in [0, 0.1) is 19.7 Å². The van der Waals surface area contributed by atoms with Crippen LogP contribution in [0.4, 0.5) is 15.8 Å². The minimum atomic E-state index is -0.423. The van der Waals surface area contributed by atoms with E-state index >= 15 is 0 Å². The number of nitrogens with zero attached hydrogens (tertiary/aromatic N) is 2. The van der Waals surface area contributed by atoms with Gasteiger partial charge in [-0.15, -0.1) is 11.3 Å². The summed E-state index contributed by atoms with van der Waals surface area (Å²) in [6.45, 7) is 3.81. The zero-order valence-corrected chi connectivity index (χ0v) is 18.1. The van der Waals surface area contributed by atoms with Crippen LogP contribution in [0.5, 0.6) is 0 Å². The molecule has 0 saturated heterocycles. The first-order valence-electron chi connectivity index (χ1n) is 9.66. The second-order valence-electron chi connectivity index (χ2n) is 7.23. The lowest BCUT2D eigenvalue weighted by Crippen LogP contribution is -2.26. The molecular weight excluding hydrogens is 413 g/mol. The van der Waals surface area contributed by atoms with Gasteiger partial charge < -0.3 is 10.2 Å². The molecule has 2 heterocycles. The number of rotatable bonds is 4. The minimum absolute atomic E-state index is 0.249. The van der Waals surface area contributed by atoms with Crippen molar-refractivity contribution in [2.24, 2.45) is 0 Å². The van der Waals surface area contributed by atoms with Gasteiger partial charge in [-0.3, -0.25) is 9.59 Å². The molecule has 156 valence electrons. The number of hydrogen-bond acceptors (Lipinski definition) is 4. The van der Waals surface area contributed by atoms with E-state index < -0.39 is 11.7 Å². The molecule has 0 bridgehead atoms. The standard InChI is InChI=1S/C24H20FN3O2S/c1-14-13-15(2)26-23-19(14)20(27-22(29)16-9-11-17(25)12-10-16)21(31-23)24(30)28(3)18-7-5-4-6-8-18/h4-13H,1-3H3,(H,27,29). The zero-order valence-electron chi connectivity index (χ0n) is 17.3. The van der Waals surface area contributed by atoms with Crippen molar-refractivity contribution in [1.29, 1.82) is 0 Å². The number of pyridine rings is 1. The number of aryl methyl sites for hydroxylation is 2. The van der Waals surface area contributed by atoms with Gasteiger partial charge in [0.15, 0.2) is 0 Å². The van der Waals surface area contributed by atoms with Crippen LogP contribution in [0.1, 0.15) is 31.3 Å². The van der Waals surface area contributed by atoms with Crippen LogP contribution in [-0.2, 0) is 0 Å². The number of carbonyl (C=O) groups excluding carboxylic acids is 2. The molecule has 2 aromatic carbocycles. The molecule has 1 N–H and O–H groups in total. The molecule has 2 amide bonds. The zero-order chi connectivity index (χ0) is 22.1. The number of aromatic nitrogens is 1. The maximum atomic E-state index is 13.4. The maximum absolute atomic E-state index is 13.4. The van der Waals surface area contributed by atoms with Crippen molar-refractivity contribution in [1.82, 2.24) is 4.98 Å². The van der Waals surface area contributed by atoms with Crippen LogP contribution in [0.15, 0.2) is 60.7 Å². The van der Waals surface area contributed by atoms with Crippen molar-refractivity contribution in [3.05, 3.63) is 88.2 Å². The highest BCUT2D eigenvalue weighted by molar-refractivity contribution is 7.21. The number of hydrogen-bond donors (Lipinski definition) is 1. The lowest BCUT2D eigenvalue weighted by atomic mass is 10.1. The number of nitrogens with one attached hydrogen (secondary N) is 1. The van der Waals surface area contributed by atoms with E-state index in [0.29, 0.717) is 21.0 Å². The van der Waals surface area contributed by atoms with Gasteiger partial charge in [0.2, 0.25) is 0 Å². The summed E-state index contributed by atoms with van der Waals surface area (Å²) in [5, 5.41) is 3.61. The predicted molar refractivity (Wildman–Crippen MR) is 123 cm³/mol. The first kappa shape index (κ1) is 20.7. The van der Waals surface area contributed by atoms with E-state index in [1.54, 1.807) is 11.9 Å². The monoisotopic (exact) mass is 433 g/mol. The van der Waals surface area contributed by atoms with Crippen LogP contribution in [0.25, 0.3) is 10.2 Å². The Hall–Kier alpha value is -3.58. The molecule has 0 aliphatic rings. The molecule has 0 spiro atoms. The largest absolute Gasteiger partial charge is 0.320 e. The molecule has 0 fully saturated rings. The number of carbonyl (C=O) groups is 2. The lowest BCUT2D eigenvalue weighted by molar-refractivity contribution is 0.0997. The fourth-order valence-electron chi connectivity index (χ4n) is 3.42. The van der Waals surface area contributed by atoms with Gasteiger partial charge in [-0.05, 0) is 61.9 Å². The molecule has 31 heavy (non-hydrogen) atoms. The third-order valence-electron chi connectivity index (χ3n) is 4.97. The maximum Gasteiger partial charge on any atom is 0.270 e. The molecule has 4 rings (SSSR count). The Morgan fingerprint density at radius 3 is 2.39 bits per heavy atom. The summed E-state index contributed by atoms with van der Waals surface area (Å²) >= 11 is 1.25. The van der Waals surface area contributed by atoms with Gasteiger partial charge in [-0.2, -0.15) is 0 Å². The van der Waals surface area contributed by atoms with E-state index in [4.69, 9.17) is 0 Å². The molecular formula is C24H20FN3O2S. The third kappa shape index (κ3) is 4.04. The van der Waals surface area contributed by atoms with Crippen molar-refractivity contribution in [3.63, 3.8) is 0 Å². The van der Waals surface area contributed by atoms with E-state index in [1.807, 2.05) is 50.2 Å². The lowest BCUT2D eigenvalue weighted by Gasteiger charge is -2.17. The highest BCUT2D eigenvalue weighted by Gasteiger charge is 2.25. The van der Waals surface area contributed by atoms with Crippen molar-refractivity contribution >= 4 is 44.7 Å². The summed E-state index contributed by atoms with van der Waals surface area (Å²) in [5.74, 6) is -1.09. The predicted octanol–water partition coefficient (Wildman–Crippen LogP) is 5.58. The highest BCUT2D eigenvalue weighted by atomic mass is 32.1. The van der Waals surface area contributed by atoms with Crippen LogP contribution >= 0.6 is 11.3 Å². The fraction of sp³-hybridized carbons (Fsp3) is 0.125. The molecule has 0 aliphatic heterocycles. The number of thiophene rings is 1. The first-order valence-corrected chi connectivity index (χ1v) is 10.5. The fourth-order valence-corrected chi connectivity index (χ4v) is 4.65. The Morgan fingerprint density at radius 1 is 1.03 bits per heavy atom. The van der Waals surface area contributed by atoms with E-state index in [9.17, 15) is 14.0 Å². The van der Waals surface area contributed by atoms with Gasteiger partial charge in [-0.1, -0.05) is 18.2 Å². The van der Waals surface area contributed by atoms with Gasteiger partial charge in [0.1, 0.15) is 15.5 Å². The Bertz CT molecular complexity index is 1280. The Kier molecular flexibility index (Phi) is 5.52. The number of fused-ring (bicyclic) bond motifs is 1. The van der Waals surface area contributed by atoms with E-state index in [0.717, 1.165) is 22.3 Å². The number of amides is 2. The molecule has 0 atom stereocenters. The summed E-state index contributed by atoms with van der Waals surface area (Å²) in [6.07, 6.45) is 0. The highest BCUT2D eigenvalue weighted by Crippen LogP contribution is 2.38. The molecule has 5 nitrogen and oxygen atoms in total. The van der Waals surface area contributed by atoms with E-state index in [2.05, 4.69) is 10.3 Å². The molecule has 7 heteroatoms. The number of benzene rings is 2. The Morgan fingerprint density at radius 2 is 1.71 bits per heavy atom. The summed E-state index contributed by atoms with van der Waals surface area (Å²) in [4.78, 5) is 33.5. The topological polar surface area (TPSA) is 62.3 Å².